The minimum Gasteiger partial charge on any atom is -0.295 e. The second kappa shape index (κ2) is 11.3. The van der Waals surface area contributed by atoms with Gasteiger partial charge in [-0.15, -0.1) is 0 Å². The van der Waals surface area contributed by atoms with Gasteiger partial charge in [0, 0.05) is 18.8 Å². The van der Waals surface area contributed by atoms with Crippen LogP contribution in [-0.2, 0) is 19.5 Å². The van der Waals surface area contributed by atoms with Crippen LogP contribution in [0.3, 0.4) is 0 Å². The Balaban J connectivity index is 1.71. The fourth-order valence-electron chi connectivity index (χ4n) is 4.39. The molecule has 0 fully saturated rings. The van der Waals surface area contributed by atoms with E-state index in [0.29, 0.717) is 5.67 Å². The van der Waals surface area contributed by atoms with E-state index >= 15 is 0 Å². The topological polar surface area (TPSA) is 3.24 Å². The van der Waals surface area contributed by atoms with Crippen LogP contribution >= 0.6 is 0 Å². The van der Waals surface area contributed by atoms with Gasteiger partial charge in [0.1, 0.15) is 0 Å². The van der Waals surface area contributed by atoms with Crippen molar-refractivity contribution in [1.82, 2.24) is 4.90 Å². The molecule has 0 amide bonds. The van der Waals surface area contributed by atoms with Crippen molar-refractivity contribution in [2.45, 2.75) is 64.1 Å². The molecule has 0 aliphatic carbocycles. The van der Waals surface area contributed by atoms with Crippen molar-refractivity contribution in [1.29, 1.82) is 0 Å². The molecule has 1 nitrogen and oxygen atoms in total. The van der Waals surface area contributed by atoms with Gasteiger partial charge in [-0.25, -0.2) is 0 Å². The summed E-state index contributed by atoms with van der Waals surface area (Å²) in [6.45, 7) is 9.68. The first-order valence-corrected chi connectivity index (χ1v) is 15.0. The second-order valence-electron chi connectivity index (χ2n) is 9.49. The summed E-state index contributed by atoms with van der Waals surface area (Å²) in [4.78, 5) is 2.76. The maximum Gasteiger partial charge on any atom is 0.0638 e. The molecule has 0 N–H and O–H groups in total. The minimum atomic E-state index is -1.36. The fourth-order valence-corrected chi connectivity index (χ4v) is 6.74. The van der Waals surface area contributed by atoms with Crippen LogP contribution in [0.5, 0.6) is 0 Å². The van der Waals surface area contributed by atoms with Gasteiger partial charge in [-0.05, 0) is 36.0 Å². The predicted octanol–water partition coefficient (Wildman–Crippen LogP) is 7.35. The van der Waals surface area contributed by atoms with Gasteiger partial charge in [0.15, 0.2) is 0 Å². The van der Waals surface area contributed by atoms with E-state index in [9.17, 15) is 0 Å². The van der Waals surface area contributed by atoms with Crippen molar-refractivity contribution in [2.24, 2.45) is 0 Å². The maximum atomic E-state index is 2.76. The molecule has 0 saturated carbocycles. The predicted molar refractivity (Wildman–Crippen MR) is 133 cm³/mol. The molecule has 0 saturated heterocycles. The fraction of sp³-hybridized carbons (Fsp3) is 0.357. The Kier molecular flexibility index (Phi) is 8.47. The van der Waals surface area contributed by atoms with Crippen LogP contribution in [0.4, 0.5) is 0 Å². The summed E-state index contributed by atoms with van der Waals surface area (Å²) in [6.07, 6.45) is 5.05. The van der Waals surface area contributed by atoms with E-state index in [0.717, 1.165) is 13.1 Å². The summed E-state index contributed by atoms with van der Waals surface area (Å²) in [5.74, 6) is 0. The van der Waals surface area contributed by atoms with Crippen LogP contribution in [0.1, 0.15) is 36.0 Å². The highest BCUT2D eigenvalue weighted by Gasteiger charge is 2.31. The van der Waals surface area contributed by atoms with Crippen LogP contribution in [0.25, 0.3) is 0 Å². The van der Waals surface area contributed by atoms with Crippen molar-refractivity contribution in [2.75, 3.05) is 0 Å². The Labute approximate surface area is 184 Å². The van der Waals surface area contributed by atoms with Gasteiger partial charge >= 0.3 is 0 Å². The number of unbranched alkanes of at least 4 members (excludes halogenated alkanes) is 1. The van der Waals surface area contributed by atoms with Crippen LogP contribution in [0, 0.1) is 0 Å². The number of hydrogen-bond acceptors (Lipinski definition) is 1. The molecular weight excluding hydrogens is 378 g/mol. The molecule has 0 radical (unpaired) electrons. The SMILES string of the molecule is C[Si](C)(C)[C@H](CCCCc1ccccc1)N(Cc1ccccc1)Cc1ccccc1. The van der Waals surface area contributed by atoms with Crippen LogP contribution < -0.4 is 0 Å². The summed E-state index contributed by atoms with van der Waals surface area (Å²) in [5, 5.41) is 0. The summed E-state index contributed by atoms with van der Waals surface area (Å²) < 4.78 is 0. The van der Waals surface area contributed by atoms with E-state index in [2.05, 4.69) is 116 Å². The van der Waals surface area contributed by atoms with Crippen LogP contribution in [0.15, 0.2) is 91.0 Å². The number of benzene rings is 3. The average molecular weight is 416 g/mol. The molecule has 0 heterocycles. The molecule has 30 heavy (non-hydrogen) atoms. The molecule has 3 aromatic rings. The van der Waals surface area contributed by atoms with E-state index in [1.807, 2.05) is 0 Å². The zero-order valence-electron chi connectivity index (χ0n) is 18.9. The molecule has 3 aromatic carbocycles. The molecule has 0 aliphatic heterocycles. The Morgan fingerprint density at radius 3 is 1.47 bits per heavy atom. The minimum absolute atomic E-state index is 0.675. The zero-order chi connectivity index (χ0) is 21.2. The van der Waals surface area contributed by atoms with Crippen molar-refractivity contribution >= 4 is 8.07 Å². The summed E-state index contributed by atoms with van der Waals surface area (Å²) in [5.41, 5.74) is 4.98. The summed E-state index contributed by atoms with van der Waals surface area (Å²) in [6, 6.07) is 32.9. The Morgan fingerprint density at radius 2 is 1.03 bits per heavy atom. The lowest BCUT2D eigenvalue weighted by atomic mass is 10.1. The van der Waals surface area contributed by atoms with Gasteiger partial charge in [-0.2, -0.15) is 0 Å². The monoisotopic (exact) mass is 415 g/mol. The number of rotatable bonds is 11. The second-order valence-corrected chi connectivity index (χ2v) is 14.9. The van der Waals surface area contributed by atoms with Gasteiger partial charge in [0.25, 0.3) is 0 Å². The van der Waals surface area contributed by atoms with Gasteiger partial charge in [-0.3, -0.25) is 4.90 Å². The molecule has 2 heteroatoms. The van der Waals surface area contributed by atoms with Crippen molar-refractivity contribution < 1.29 is 0 Å². The largest absolute Gasteiger partial charge is 0.295 e. The number of nitrogens with zero attached hydrogens (tertiary/aromatic N) is 1. The van der Waals surface area contributed by atoms with Gasteiger partial charge in [-0.1, -0.05) is 117 Å². The summed E-state index contributed by atoms with van der Waals surface area (Å²) in [7, 11) is -1.36. The Hall–Kier alpha value is -2.16. The summed E-state index contributed by atoms with van der Waals surface area (Å²) >= 11 is 0. The van der Waals surface area contributed by atoms with Crippen molar-refractivity contribution in [3.05, 3.63) is 108 Å². The van der Waals surface area contributed by atoms with E-state index in [4.69, 9.17) is 0 Å². The van der Waals surface area contributed by atoms with Crippen LogP contribution in [0.2, 0.25) is 19.6 Å². The molecule has 0 unspecified atom stereocenters. The first-order valence-electron chi connectivity index (χ1n) is 11.4. The highest BCUT2D eigenvalue weighted by Crippen LogP contribution is 2.25. The van der Waals surface area contributed by atoms with E-state index in [1.165, 1.54) is 42.4 Å². The third kappa shape index (κ3) is 7.27. The molecule has 0 aromatic heterocycles. The van der Waals surface area contributed by atoms with Crippen molar-refractivity contribution in [3.8, 4) is 0 Å². The lowest BCUT2D eigenvalue weighted by Crippen LogP contribution is -2.50. The molecule has 1 atom stereocenters. The maximum absolute atomic E-state index is 2.76. The lowest BCUT2D eigenvalue weighted by Gasteiger charge is -2.40. The third-order valence-electron chi connectivity index (χ3n) is 5.93. The van der Waals surface area contributed by atoms with Crippen LogP contribution in [-0.4, -0.2) is 18.6 Å². The first-order chi connectivity index (χ1) is 14.5. The average Bonchev–Trinajstić information content (AvgIpc) is 2.75. The molecule has 0 aliphatic rings. The molecule has 0 spiro atoms. The first kappa shape index (κ1) is 22.5. The van der Waals surface area contributed by atoms with Crippen molar-refractivity contribution in [3.63, 3.8) is 0 Å². The highest BCUT2D eigenvalue weighted by molar-refractivity contribution is 6.77. The Morgan fingerprint density at radius 1 is 0.600 bits per heavy atom. The smallest absolute Gasteiger partial charge is 0.0638 e. The van der Waals surface area contributed by atoms with E-state index in [1.54, 1.807) is 0 Å². The highest BCUT2D eigenvalue weighted by atomic mass is 28.3. The van der Waals surface area contributed by atoms with E-state index in [-0.39, 0.29) is 0 Å². The molecule has 3 rings (SSSR count). The third-order valence-corrected chi connectivity index (χ3v) is 8.59. The zero-order valence-corrected chi connectivity index (χ0v) is 19.9. The van der Waals surface area contributed by atoms with Gasteiger partial charge < -0.3 is 0 Å². The lowest BCUT2D eigenvalue weighted by molar-refractivity contribution is 0.213. The normalized spacial score (nSPS) is 12.8. The molecule has 158 valence electrons. The van der Waals surface area contributed by atoms with E-state index < -0.39 is 8.07 Å². The quantitative estimate of drug-likeness (QED) is 0.234. The number of aryl methyl sites for hydroxylation is 1. The van der Waals surface area contributed by atoms with Gasteiger partial charge in [0.05, 0.1) is 8.07 Å². The Bertz CT molecular complexity index is 799. The number of hydrogen-bond donors (Lipinski definition) is 0. The molecular formula is C28H37NSi. The van der Waals surface area contributed by atoms with Gasteiger partial charge in [0.2, 0.25) is 0 Å². The molecule has 0 bridgehead atoms. The standard InChI is InChI=1S/C28H37NSi/c1-30(2,3)28(22-14-13-17-25-15-7-4-8-16-25)29(23-26-18-9-5-10-19-26)24-27-20-11-6-12-21-27/h4-12,15-16,18-21,28H,13-14,17,22-24H2,1-3H3/t28-/m1/s1.